The lowest BCUT2D eigenvalue weighted by Gasteiger charge is -2.25. The average molecular weight is 224 g/mol. The first-order valence-corrected chi connectivity index (χ1v) is 6.12. The SMILES string of the molecule is CNCCC1CCCc2ccc(Cl)cc21. The Morgan fingerprint density at radius 2 is 2.33 bits per heavy atom. The van der Waals surface area contributed by atoms with Gasteiger partial charge in [-0.3, -0.25) is 0 Å². The van der Waals surface area contributed by atoms with Crippen LogP contribution in [0.5, 0.6) is 0 Å². The molecular formula is C13H18ClN. The van der Waals surface area contributed by atoms with Crippen molar-refractivity contribution in [1.29, 1.82) is 0 Å². The van der Waals surface area contributed by atoms with Crippen LogP contribution in [0, 0.1) is 0 Å². The summed E-state index contributed by atoms with van der Waals surface area (Å²) in [4.78, 5) is 0. The maximum atomic E-state index is 6.06. The Kier molecular flexibility index (Phi) is 3.66. The third-order valence-electron chi connectivity index (χ3n) is 3.29. The highest BCUT2D eigenvalue weighted by atomic mass is 35.5. The lowest BCUT2D eigenvalue weighted by molar-refractivity contribution is 0.510. The number of fused-ring (bicyclic) bond motifs is 1. The number of hydrogen-bond acceptors (Lipinski definition) is 1. The van der Waals surface area contributed by atoms with E-state index >= 15 is 0 Å². The second-order valence-corrected chi connectivity index (χ2v) is 4.76. The Labute approximate surface area is 96.8 Å². The molecule has 1 aromatic rings. The summed E-state index contributed by atoms with van der Waals surface area (Å²) in [6.07, 6.45) is 5.09. The van der Waals surface area contributed by atoms with E-state index in [-0.39, 0.29) is 0 Å². The molecule has 0 saturated heterocycles. The van der Waals surface area contributed by atoms with Gasteiger partial charge < -0.3 is 5.32 Å². The van der Waals surface area contributed by atoms with Gasteiger partial charge in [0.1, 0.15) is 0 Å². The monoisotopic (exact) mass is 223 g/mol. The van der Waals surface area contributed by atoms with Crippen LogP contribution in [0.1, 0.15) is 36.3 Å². The van der Waals surface area contributed by atoms with Crippen LogP contribution < -0.4 is 5.32 Å². The summed E-state index contributed by atoms with van der Waals surface area (Å²) in [7, 11) is 2.02. The normalized spacial score (nSPS) is 20.0. The van der Waals surface area contributed by atoms with E-state index in [1.807, 2.05) is 13.1 Å². The van der Waals surface area contributed by atoms with Gasteiger partial charge in [0, 0.05) is 5.02 Å². The molecule has 0 saturated carbocycles. The Hall–Kier alpha value is -0.530. The van der Waals surface area contributed by atoms with E-state index in [0.29, 0.717) is 5.92 Å². The zero-order valence-corrected chi connectivity index (χ0v) is 9.98. The predicted octanol–water partition coefficient (Wildman–Crippen LogP) is 3.37. The highest BCUT2D eigenvalue weighted by molar-refractivity contribution is 6.30. The lowest BCUT2D eigenvalue weighted by atomic mass is 9.81. The molecule has 82 valence electrons. The maximum absolute atomic E-state index is 6.06. The molecule has 2 rings (SSSR count). The molecule has 1 aliphatic rings. The van der Waals surface area contributed by atoms with Gasteiger partial charge in [-0.15, -0.1) is 0 Å². The van der Waals surface area contributed by atoms with Gasteiger partial charge in [-0.1, -0.05) is 17.7 Å². The summed E-state index contributed by atoms with van der Waals surface area (Å²) in [5.74, 6) is 0.708. The Balaban J connectivity index is 2.20. The van der Waals surface area contributed by atoms with Crippen molar-refractivity contribution in [2.45, 2.75) is 31.6 Å². The minimum atomic E-state index is 0.708. The summed E-state index contributed by atoms with van der Waals surface area (Å²) in [5, 5.41) is 4.11. The first kappa shape index (κ1) is 11.0. The van der Waals surface area contributed by atoms with Crippen LogP contribution >= 0.6 is 11.6 Å². The molecule has 0 heterocycles. The summed E-state index contributed by atoms with van der Waals surface area (Å²) >= 11 is 6.06. The highest BCUT2D eigenvalue weighted by Gasteiger charge is 2.19. The molecule has 0 aliphatic heterocycles. The van der Waals surface area contributed by atoms with Crippen LogP contribution in [-0.4, -0.2) is 13.6 Å². The number of nitrogens with one attached hydrogen (secondary N) is 1. The quantitative estimate of drug-likeness (QED) is 0.829. The van der Waals surface area contributed by atoms with Crippen LogP contribution in [0.2, 0.25) is 5.02 Å². The van der Waals surface area contributed by atoms with E-state index in [4.69, 9.17) is 11.6 Å². The van der Waals surface area contributed by atoms with Crippen molar-refractivity contribution in [3.05, 3.63) is 34.3 Å². The first-order valence-electron chi connectivity index (χ1n) is 5.74. The third-order valence-corrected chi connectivity index (χ3v) is 3.52. The molecular weight excluding hydrogens is 206 g/mol. The van der Waals surface area contributed by atoms with Crippen LogP contribution in [-0.2, 0) is 6.42 Å². The van der Waals surface area contributed by atoms with E-state index in [0.717, 1.165) is 11.6 Å². The molecule has 0 fully saturated rings. The molecule has 1 nitrogen and oxygen atoms in total. The smallest absolute Gasteiger partial charge is 0.0409 e. The van der Waals surface area contributed by atoms with E-state index in [9.17, 15) is 0 Å². The molecule has 15 heavy (non-hydrogen) atoms. The molecule has 0 aromatic heterocycles. The summed E-state index contributed by atoms with van der Waals surface area (Å²) in [6, 6.07) is 6.38. The van der Waals surface area contributed by atoms with Crippen LogP contribution in [0.25, 0.3) is 0 Å². The Morgan fingerprint density at radius 3 is 3.13 bits per heavy atom. The van der Waals surface area contributed by atoms with Crippen molar-refractivity contribution in [2.24, 2.45) is 0 Å². The fourth-order valence-corrected chi connectivity index (χ4v) is 2.67. The van der Waals surface area contributed by atoms with Crippen molar-refractivity contribution in [3.8, 4) is 0 Å². The number of hydrogen-bond donors (Lipinski definition) is 1. The van der Waals surface area contributed by atoms with Crippen molar-refractivity contribution in [1.82, 2.24) is 5.32 Å². The van der Waals surface area contributed by atoms with E-state index in [1.165, 1.54) is 36.8 Å². The second-order valence-electron chi connectivity index (χ2n) is 4.32. The number of aryl methyl sites for hydroxylation is 1. The molecule has 1 N–H and O–H groups in total. The maximum Gasteiger partial charge on any atom is 0.0409 e. The van der Waals surface area contributed by atoms with Crippen molar-refractivity contribution in [2.75, 3.05) is 13.6 Å². The van der Waals surface area contributed by atoms with Crippen LogP contribution in [0.3, 0.4) is 0 Å². The Bertz CT molecular complexity index is 335. The van der Waals surface area contributed by atoms with Gasteiger partial charge in [0.15, 0.2) is 0 Å². The van der Waals surface area contributed by atoms with Gasteiger partial charge >= 0.3 is 0 Å². The minimum Gasteiger partial charge on any atom is -0.320 e. The molecule has 0 radical (unpaired) electrons. The number of benzene rings is 1. The summed E-state index contributed by atoms with van der Waals surface area (Å²) in [5.41, 5.74) is 3.00. The van der Waals surface area contributed by atoms with Gasteiger partial charge in [0.25, 0.3) is 0 Å². The van der Waals surface area contributed by atoms with E-state index in [2.05, 4.69) is 17.4 Å². The molecule has 2 heteroatoms. The van der Waals surface area contributed by atoms with Crippen LogP contribution in [0.4, 0.5) is 0 Å². The van der Waals surface area contributed by atoms with Crippen molar-refractivity contribution < 1.29 is 0 Å². The number of rotatable bonds is 3. The first-order chi connectivity index (χ1) is 7.31. The van der Waals surface area contributed by atoms with E-state index < -0.39 is 0 Å². The highest BCUT2D eigenvalue weighted by Crippen LogP contribution is 2.35. The van der Waals surface area contributed by atoms with Gasteiger partial charge in [0.05, 0.1) is 0 Å². The zero-order valence-electron chi connectivity index (χ0n) is 9.22. The minimum absolute atomic E-state index is 0.708. The largest absolute Gasteiger partial charge is 0.320 e. The third kappa shape index (κ3) is 2.53. The summed E-state index contributed by atoms with van der Waals surface area (Å²) < 4.78 is 0. The fourth-order valence-electron chi connectivity index (χ4n) is 2.49. The van der Waals surface area contributed by atoms with E-state index in [1.54, 1.807) is 0 Å². The fraction of sp³-hybridized carbons (Fsp3) is 0.538. The zero-order chi connectivity index (χ0) is 10.7. The molecule has 0 bridgehead atoms. The molecule has 0 spiro atoms. The number of halogens is 1. The van der Waals surface area contributed by atoms with Crippen molar-refractivity contribution in [3.63, 3.8) is 0 Å². The van der Waals surface area contributed by atoms with Gasteiger partial charge in [0.2, 0.25) is 0 Å². The second kappa shape index (κ2) is 5.00. The molecule has 1 aromatic carbocycles. The Morgan fingerprint density at radius 1 is 1.47 bits per heavy atom. The van der Waals surface area contributed by atoms with Gasteiger partial charge in [-0.2, -0.15) is 0 Å². The predicted molar refractivity (Wildman–Crippen MR) is 65.7 cm³/mol. The average Bonchev–Trinajstić information content (AvgIpc) is 2.26. The molecule has 1 unspecified atom stereocenters. The van der Waals surface area contributed by atoms with Gasteiger partial charge in [-0.25, -0.2) is 0 Å². The van der Waals surface area contributed by atoms with Crippen molar-refractivity contribution >= 4 is 11.6 Å². The summed E-state index contributed by atoms with van der Waals surface area (Å²) in [6.45, 7) is 1.09. The molecule has 1 aliphatic carbocycles. The van der Waals surface area contributed by atoms with Crippen LogP contribution in [0.15, 0.2) is 18.2 Å². The topological polar surface area (TPSA) is 12.0 Å². The molecule has 0 amide bonds. The standard InChI is InChI=1S/C13H18ClN/c1-15-8-7-11-4-2-3-10-5-6-12(14)9-13(10)11/h5-6,9,11,15H,2-4,7-8H2,1H3. The lowest BCUT2D eigenvalue weighted by Crippen LogP contribution is -2.16. The molecule has 1 atom stereocenters. The van der Waals surface area contributed by atoms with Gasteiger partial charge in [-0.05, 0) is 68.5 Å².